The predicted octanol–water partition coefficient (Wildman–Crippen LogP) is 2.37. The number of nitrogens with one attached hydrogen (secondary N) is 1. The quantitative estimate of drug-likeness (QED) is 0.807. The highest BCUT2D eigenvalue weighted by Gasteiger charge is 2.28. The van der Waals surface area contributed by atoms with Crippen LogP contribution < -0.4 is 5.32 Å². The van der Waals surface area contributed by atoms with Crippen molar-refractivity contribution in [2.75, 3.05) is 19.7 Å². The van der Waals surface area contributed by atoms with Crippen LogP contribution in [-0.4, -0.2) is 41.7 Å². The van der Waals surface area contributed by atoms with E-state index in [2.05, 4.69) is 24.1 Å². The molecule has 0 radical (unpaired) electrons. The van der Waals surface area contributed by atoms with Crippen LogP contribution in [-0.2, 0) is 4.79 Å². The van der Waals surface area contributed by atoms with Crippen LogP contribution >= 0.6 is 0 Å². The molecule has 1 aliphatic rings. The molecule has 2 rings (SSSR count). The number of benzene rings is 1. The van der Waals surface area contributed by atoms with Crippen LogP contribution in [0.15, 0.2) is 12.1 Å². The van der Waals surface area contributed by atoms with Crippen molar-refractivity contribution in [3.8, 4) is 0 Å². The number of hydrogen-bond acceptors (Lipinski definition) is 3. The molecule has 134 valence electrons. The first-order chi connectivity index (χ1) is 11.3. The zero-order valence-corrected chi connectivity index (χ0v) is 13.9. The second-order valence-electron chi connectivity index (χ2n) is 6.45. The van der Waals surface area contributed by atoms with Crippen LogP contribution in [0.2, 0.25) is 0 Å². The molecule has 0 aromatic heterocycles. The minimum atomic E-state index is -1.57. The van der Waals surface area contributed by atoms with Gasteiger partial charge in [0.05, 0.1) is 12.6 Å². The second kappa shape index (κ2) is 7.98. The van der Waals surface area contributed by atoms with Crippen molar-refractivity contribution in [2.24, 2.45) is 5.92 Å². The zero-order chi connectivity index (χ0) is 17.9. The van der Waals surface area contributed by atoms with Gasteiger partial charge in [-0.2, -0.15) is 0 Å². The molecule has 1 unspecified atom stereocenters. The maximum atomic E-state index is 13.3. The van der Waals surface area contributed by atoms with Crippen LogP contribution in [0.3, 0.4) is 0 Å². The molecule has 0 saturated carbocycles. The molecule has 4 nitrogen and oxygen atoms in total. The van der Waals surface area contributed by atoms with Crippen LogP contribution in [0.4, 0.5) is 13.2 Å². The lowest BCUT2D eigenvalue weighted by molar-refractivity contribution is -0.127. The number of aliphatic hydroxyl groups is 1. The first kappa shape index (κ1) is 18.7. The van der Waals surface area contributed by atoms with E-state index in [0.29, 0.717) is 18.9 Å². The Bertz CT molecular complexity index is 564. The highest BCUT2D eigenvalue weighted by Crippen LogP contribution is 2.22. The Balaban J connectivity index is 2.02. The molecule has 1 saturated heterocycles. The molecule has 0 bridgehead atoms. The molecule has 24 heavy (non-hydrogen) atoms. The Labute approximate surface area is 139 Å². The number of halogens is 3. The number of rotatable bonds is 5. The van der Waals surface area contributed by atoms with Gasteiger partial charge >= 0.3 is 0 Å². The number of amides is 1. The van der Waals surface area contributed by atoms with Gasteiger partial charge in [0, 0.05) is 12.0 Å². The van der Waals surface area contributed by atoms with E-state index in [-0.39, 0.29) is 17.4 Å². The van der Waals surface area contributed by atoms with E-state index in [1.54, 1.807) is 0 Å². The van der Waals surface area contributed by atoms with E-state index in [0.717, 1.165) is 25.2 Å². The Hall–Kier alpha value is -1.60. The maximum absolute atomic E-state index is 13.3. The summed E-state index contributed by atoms with van der Waals surface area (Å²) in [5, 5.41) is 12.0. The van der Waals surface area contributed by atoms with Crippen LogP contribution in [0.5, 0.6) is 0 Å². The van der Waals surface area contributed by atoms with Crippen molar-refractivity contribution < 1.29 is 23.1 Å². The molecule has 7 heteroatoms. The lowest BCUT2D eigenvalue weighted by Gasteiger charge is -2.34. The minimum Gasteiger partial charge on any atom is -0.394 e. The first-order valence-corrected chi connectivity index (χ1v) is 8.13. The van der Waals surface area contributed by atoms with Crippen molar-refractivity contribution in [1.29, 1.82) is 0 Å². The highest BCUT2D eigenvalue weighted by molar-refractivity contribution is 5.79. The molecule has 1 aromatic carbocycles. The molecule has 1 amide bonds. The molecule has 0 aliphatic carbocycles. The van der Waals surface area contributed by atoms with Gasteiger partial charge in [-0.25, -0.2) is 13.2 Å². The number of hydrogen-bond donors (Lipinski definition) is 2. The molecular weight excluding hydrogens is 321 g/mol. The predicted molar refractivity (Wildman–Crippen MR) is 83.7 cm³/mol. The van der Waals surface area contributed by atoms with Gasteiger partial charge in [-0.3, -0.25) is 4.79 Å². The van der Waals surface area contributed by atoms with Crippen molar-refractivity contribution in [3.63, 3.8) is 0 Å². The summed E-state index contributed by atoms with van der Waals surface area (Å²) in [4.78, 5) is 14.6. The highest BCUT2D eigenvalue weighted by atomic mass is 19.2. The van der Waals surface area contributed by atoms with E-state index in [9.17, 15) is 23.1 Å². The molecule has 1 aromatic rings. The van der Waals surface area contributed by atoms with E-state index >= 15 is 0 Å². The smallest absolute Gasteiger partial charge is 0.223 e. The second-order valence-corrected chi connectivity index (χ2v) is 6.45. The molecular formula is C17H23F3N2O2. The van der Waals surface area contributed by atoms with Gasteiger partial charge in [0.2, 0.25) is 5.91 Å². The minimum absolute atomic E-state index is 0.00173. The normalized spacial score (nSPS) is 18.0. The number of likely N-dealkylation sites (tertiary alicyclic amines) is 1. The number of carbonyl (C=O) groups excluding carboxylic acids is 1. The van der Waals surface area contributed by atoms with Crippen LogP contribution in [0.25, 0.3) is 0 Å². The third-order valence-corrected chi connectivity index (χ3v) is 4.54. The van der Waals surface area contributed by atoms with Gasteiger partial charge < -0.3 is 15.3 Å². The Morgan fingerprint density at radius 2 is 1.79 bits per heavy atom. The van der Waals surface area contributed by atoms with Crippen LogP contribution in [0, 0.1) is 23.4 Å². The Morgan fingerprint density at radius 1 is 1.25 bits per heavy atom. The van der Waals surface area contributed by atoms with Crippen molar-refractivity contribution in [2.45, 2.75) is 38.8 Å². The fourth-order valence-corrected chi connectivity index (χ4v) is 2.98. The summed E-state index contributed by atoms with van der Waals surface area (Å²) >= 11 is 0. The van der Waals surface area contributed by atoms with Gasteiger partial charge in [-0.15, -0.1) is 0 Å². The van der Waals surface area contributed by atoms with Gasteiger partial charge in [0.25, 0.3) is 0 Å². The van der Waals surface area contributed by atoms with Gasteiger partial charge in [-0.1, -0.05) is 0 Å². The third-order valence-electron chi connectivity index (χ3n) is 4.54. The van der Waals surface area contributed by atoms with Gasteiger partial charge in [0.15, 0.2) is 17.5 Å². The average molecular weight is 344 g/mol. The summed E-state index contributed by atoms with van der Waals surface area (Å²) in [5.41, 5.74) is 0.00173. The number of aliphatic hydroxyl groups excluding tert-OH is 1. The molecule has 1 heterocycles. The van der Waals surface area contributed by atoms with Gasteiger partial charge in [0.1, 0.15) is 0 Å². The maximum Gasteiger partial charge on any atom is 0.223 e. The fourth-order valence-electron chi connectivity index (χ4n) is 2.98. The van der Waals surface area contributed by atoms with Crippen molar-refractivity contribution in [3.05, 3.63) is 35.1 Å². The van der Waals surface area contributed by atoms with Gasteiger partial charge in [-0.05, 0) is 57.5 Å². The van der Waals surface area contributed by atoms with E-state index < -0.39 is 30.1 Å². The number of carbonyl (C=O) groups is 1. The molecule has 2 N–H and O–H groups in total. The monoisotopic (exact) mass is 344 g/mol. The first-order valence-electron chi connectivity index (χ1n) is 8.13. The molecule has 1 fully saturated rings. The topological polar surface area (TPSA) is 52.6 Å². The largest absolute Gasteiger partial charge is 0.394 e. The summed E-state index contributed by atoms with van der Waals surface area (Å²) in [6.07, 6.45) is 1.38. The lowest BCUT2D eigenvalue weighted by Crippen LogP contribution is -2.44. The summed E-state index contributed by atoms with van der Waals surface area (Å²) in [6.45, 7) is 5.28. The van der Waals surface area contributed by atoms with Crippen molar-refractivity contribution >= 4 is 5.91 Å². The summed E-state index contributed by atoms with van der Waals surface area (Å²) in [5.74, 6) is -4.72. The lowest BCUT2D eigenvalue weighted by atomic mass is 9.94. The average Bonchev–Trinajstić information content (AvgIpc) is 2.56. The molecule has 1 aliphatic heterocycles. The van der Waals surface area contributed by atoms with E-state index in [4.69, 9.17) is 0 Å². The third kappa shape index (κ3) is 4.27. The Morgan fingerprint density at radius 3 is 2.25 bits per heavy atom. The van der Waals surface area contributed by atoms with E-state index in [1.807, 2.05) is 0 Å². The number of piperidine rings is 1. The summed E-state index contributed by atoms with van der Waals surface area (Å²) < 4.78 is 39.7. The molecule has 1 atom stereocenters. The zero-order valence-electron chi connectivity index (χ0n) is 13.9. The summed E-state index contributed by atoms with van der Waals surface area (Å²) in [7, 11) is 0. The Kier molecular flexibility index (Phi) is 6.23. The van der Waals surface area contributed by atoms with Crippen LogP contribution in [0.1, 0.15) is 38.3 Å². The molecule has 0 spiro atoms. The summed E-state index contributed by atoms with van der Waals surface area (Å²) in [6, 6.07) is 1.04. The van der Waals surface area contributed by atoms with E-state index in [1.165, 1.54) is 0 Å². The number of nitrogens with zero attached hydrogens (tertiary/aromatic N) is 1. The SMILES string of the molecule is CC(C)N1CCC(C(=O)NC(CO)c2cc(F)c(F)c(F)c2)CC1. The van der Waals surface area contributed by atoms with Crippen molar-refractivity contribution in [1.82, 2.24) is 10.2 Å². The fraction of sp³-hybridized carbons (Fsp3) is 0.588. The standard InChI is InChI=1S/C17H23F3N2O2/c1-10(2)22-5-3-11(4-6-22)17(24)21-15(9-23)12-7-13(18)16(20)14(19)8-12/h7-8,10-11,15,23H,3-6,9H2,1-2H3,(H,21,24).